The number of fused-ring (bicyclic) bond motifs is 1. The van der Waals surface area contributed by atoms with E-state index < -0.39 is 0 Å². The number of aromatic nitrogens is 1. The number of hydrogen-bond donors (Lipinski definition) is 2. The third-order valence-corrected chi connectivity index (χ3v) is 4.25. The molecule has 26 heavy (non-hydrogen) atoms. The fourth-order valence-corrected chi connectivity index (χ4v) is 2.97. The summed E-state index contributed by atoms with van der Waals surface area (Å²) >= 11 is 0. The normalized spacial score (nSPS) is 15.6. The summed E-state index contributed by atoms with van der Waals surface area (Å²) in [6.07, 6.45) is 4.08. The van der Waals surface area contributed by atoms with E-state index in [2.05, 4.69) is 21.7 Å². The van der Waals surface area contributed by atoms with Crippen LogP contribution in [0.2, 0.25) is 0 Å². The summed E-state index contributed by atoms with van der Waals surface area (Å²) < 4.78 is 11.0. The molecule has 1 atom stereocenters. The molecule has 0 radical (unpaired) electrons. The molecule has 1 aromatic carbocycles. The summed E-state index contributed by atoms with van der Waals surface area (Å²) in [5, 5.41) is 6.22. The molecule has 0 bridgehead atoms. The number of pyridine rings is 1. The highest BCUT2D eigenvalue weighted by atomic mass is 16.5. The van der Waals surface area contributed by atoms with Gasteiger partial charge in [0.05, 0.1) is 18.8 Å². The monoisotopic (exact) mass is 349 g/mol. The van der Waals surface area contributed by atoms with Crippen molar-refractivity contribution in [1.82, 2.24) is 10.3 Å². The maximum Gasteiger partial charge on any atom is 0.270 e. The van der Waals surface area contributed by atoms with E-state index >= 15 is 0 Å². The Kier molecular flexibility index (Phi) is 4.55. The average Bonchev–Trinajstić information content (AvgIpc) is 3.20. The van der Waals surface area contributed by atoms with Crippen LogP contribution in [0.1, 0.15) is 21.8 Å². The molecule has 0 spiro atoms. The molecule has 6 heteroatoms. The van der Waals surface area contributed by atoms with Crippen LogP contribution in [0.15, 0.2) is 65.4 Å². The van der Waals surface area contributed by atoms with Crippen molar-refractivity contribution in [3.63, 3.8) is 0 Å². The van der Waals surface area contributed by atoms with E-state index in [1.165, 1.54) is 5.56 Å². The molecule has 1 unspecified atom stereocenters. The number of anilines is 1. The largest absolute Gasteiger partial charge is 0.491 e. The number of rotatable bonds is 5. The van der Waals surface area contributed by atoms with E-state index in [4.69, 9.17) is 9.15 Å². The summed E-state index contributed by atoms with van der Waals surface area (Å²) in [5.74, 6) is 1.40. The van der Waals surface area contributed by atoms with Gasteiger partial charge >= 0.3 is 0 Å². The van der Waals surface area contributed by atoms with Gasteiger partial charge in [-0.2, -0.15) is 0 Å². The Bertz CT molecular complexity index is 893. The average molecular weight is 349 g/mol. The maximum absolute atomic E-state index is 12.3. The van der Waals surface area contributed by atoms with Crippen molar-refractivity contribution < 1.29 is 13.9 Å². The van der Waals surface area contributed by atoms with Gasteiger partial charge in [0, 0.05) is 11.9 Å². The molecule has 4 rings (SSSR count). The second-order valence-electron chi connectivity index (χ2n) is 6.16. The SMILES string of the molecule is O=C(NCc1ccco1)c1cc(NC2COc3ccccc3C2)ccn1. The lowest BCUT2D eigenvalue weighted by Crippen LogP contribution is -2.33. The second-order valence-corrected chi connectivity index (χ2v) is 6.16. The topological polar surface area (TPSA) is 76.4 Å². The van der Waals surface area contributed by atoms with E-state index in [9.17, 15) is 4.79 Å². The minimum Gasteiger partial charge on any atom is -0.491 e. The Balaban J connectivity index is 1.39. The number of nitrogens with zero attached hydrogens (tertiary/aromatic N) is 1. The minimum absolute atomic E-state index is 0.145. The Hall–Kier alpha value is -3.28. The Morgan fingerprint density at radius 2 is 2.12 bits per heavy atom. The predicted octanol–water partition coefficient (Wildman–Crippen LogP) is 3.02. The first kappa shape index (κ1) is 16.2. The summed E-state index contributed by atoms with van der Waals surface area (Å²) in [7, 11) is 0. The Morgan fingerprint density at radius 3 is 3.00 bits per heavy atom. The van der Waals surface area contributed by atoms with Gasteiger partial charge in [-0.05, 0) is 42.3 Å². The number of nitrogens with one attached hydrogen (secondary N) is 2. The van der Waals surface area contributed by atoms with Crippen LogP contribution in [0.25, 0.3) is 0 Å². The van der Waals surface area contributed by atoms with Gasteiger partial charge in [0.2, 0.25) is 0 Å². The number of ether oxygens (including phenoxy) is 1. The van der Waals surface area contributed by atoms with E-state index in [1.54, 1.807) is 24.6 Å². The van der Waals surface area contributed by atoms with Crippen molar-refractivity contribution in [2.75, 3.05) is 11.9 Å². The molecule has 2 aromatic heterocycles. The van der Waals surface area contributed by atoms with Crippen LogP contribution >= 0.6 is 0 Å². The molecule has 0 saturated heterocycles. The molecule has 1 amide bonds. The smallest absolute Gasteiger partial charge is 0.270 e. The molecule has 1 aliphatic rings. The van der Waals surface area contributed by atoms with Crippen LogP contribution < -0.4 is 15.4 Å². The Morgan fingerprint density at radius 1 is 1.19 bits per heavy atom. The zero-order valence-corrected chi connectivity index (χ0v) is 14.1. The molecule has 0 fully saturated rings. The van der Waals surface area contributed by atoms with E-state index in [0.717, 1.165) is 17.9 Å². The number of para-hydroxylation sites is 1. The van der Waals surface area contributed by atoms with Gasteiger partial charge in [0.1, 0.15) is 23.8 Å². The second kappa shape index (κ2) is 7.31. The number of furan rings is 1. The van der Waals surface area contributed by atoms with Crippen molar-refractivity contribution >= 4 is 11.6 Å². The number of carbonyl (C=O) groups is 1. The van der Waals surface area contributed by atoms with Crippen LogP contribution in [-0.2, 0) is 13.0 Å². The molecular weight excluding hydrogens is 330 g/mol. The lowest BCUT2D eigenvalue weighted by atomic mass is 10.0. The molecule has 0 aliphatic carbocycles. The zero-order chi connectivity index (χ0) is 17.8. The molecule has 1 aliphatic heterocycles. The number of carbonyl (C=O) groups excluding carboxylic acids is 1. The zero-order valence-electron chi connectivity index (χ0n) is 14.1. The summed E-state index contributed by atoms with van der Waals surface area (Å²) in [6, 6.07) is 15.4. The predicted molar refractivity (Wildman–Crippen MR) is 97.2 cm³/mol. The first-order valence-corrected chi connectivity index (χ1v) is 8.52. The third-order valence-electron chi connectivity index (χ3n) is 4.25. The number of hydrogen-bond acceptors (Lipinski definition) is 5. The highest BCUT2D eigenvalue weighted by Gasteiger charge is 2.19. The molecule has 6 nitrogen and oxygen atoms in total. The highest BCUT2D eigenvalue weighted by Crippen LogP contribution is 2.25. The third kappa shape index (κ3) is 3.69. The lowest BCUT2D eigenvalue weighted by Gasteiger charge is -2.26. The molecule has 2 N–H and O–H groups in total. The van der Waals surface area contributed by atoms with Gasteiger partial charge in [-0.3, -0.25) is 9.78 Å². The molecule has 3 heterocycles. The molecule has 0 saturated carbocycles. The molecule has 3 aromatic rings. The van der Waals surface area contributed by atoms with Gasteiger partial charge in [-0.25, -0.2) is 0 Å². The van der Waals surface area contributed by atoms with Crippen molar-refractivity contribution in [2.24, 2.45) is 0 Å². The van der Waals surface area contributed by atoms with Crippen LogP contribution in [0.4, 0.5) is 5.69 Å². The van der Waals surface area contributed by atoms with Crippen molar-refractivity contribution in [3.8, 4) is 5.75 Å². The Labute approximate surface area is 151 Å². The van der Waals surface area contributed by atoms with Gasteiger partial charge in [-0.1, -0.05) is 18.2 Å². The van der Waals surface area contributed by atoms with E-state index in [-0.39, 0.29) is 11.9 Å². The van der Waals surface area contributed by atoms with Gasteiger partial charge in [-0.15, -0.1) is 0 Å². The maximum atomic E-state index is 12.3. The van der Waals surface area contributed by atoms with Crippen LogP contribution in [-0.4, -0.2) is 23.5 Å². The van der Waals surface area contributed by atoms with Gasteiger partial charge in [0.15, 0.2) is 0 Å². The quantitative estimate of drug-likeness (QED) is 0.740. The van der Waals surface area contributed by atoms with E-state index in [1.807, 2.05) is 30.3 Å². The molecular formula is C20H19N3O3. The fraction of sp³-hybridized carbons (Fsp3) is 0.200. The van der Waals surface area contributed by atoms with Crippen LogP contribution in [0.3, 0.4) is 0 Å². The summed E-state index contributed by atoms with van der Waals surface area (Å²) in [4.78, 5) is 16.4. The summed E-state index contributed by atoms with van der Waals surface area (Å²) in [5.41, 5.74) is 2.39. The van der Waals surface area contributed by atoms with Crippen molar-refractivity contribution in [3.05, 3.63) is 78.0 Å². The summed E-state index contributed by atoms with van der Waals surface area (Å²) in [6.45, 7) is 0.914. The highest BCUT2D eigenvalue weighted by molar-refractivity contribution is 5.93. The minimum atomic E-state index is -0.240. The van der Waals surface area contributed by atoms with Gasteiger partial charge in [0.25, 0.3) is 5.91 Å². The van der Waals surface area contributed by atoms with Gasteiger partial charge < -0.3 is 19.8 Å². The first-order valence-electron chi connectivity index (χ1n) is 8.52. The lowest BCUT2D eigenvalue weighted by molar-refractivity contribution is 0.0943. The fourth-order valence-electron chi connectivity index (χ4n) is 2.97. The first-order chi connectivity index (χ1) is 12.8. The standard InChI is InChI=1S/C20H19N3O3/c24-20(22-12-17-5-3-9-25-17)18-11-15(7-8-21-18)23-16-10-14-4-1-2-6-19(14)26-13-16/h1-9,11,16H,10,12-13H2,(H,21,23)(H,22,24). The van der Waals surface area contributed by atoms with Crippen LogP contribution in [0, 0.1) is 0 Å². The van der Waals surface area contributed by atoms with Crippen molar-refractivity contribution in [2.45, 2.75) is 19.0 Å². The number of amides is 1. The van der Waals surface area contributed by atoms with Crippen molar-refractivity contribution in [1.29, 1.82) is 0 Å². The van der Waals surface area contributed by atoms with E-state index in [0.29, 0.717) is 24.6 Å². The van der Waals surface area contributed by atoms with Crippen LogP contribution in [0.5, 0.6) is 5.75 Å². The molecule has 132 valence electrons. The number of benzene rings is 1.